The van der Waals surface area contributed by atoms with Gasteiger partial charge in [-0.1, -0.05) is 28.1 Å². The first-order valence-electron chi connectivity index (χ1n) is 6.91. The fourth-order valence-electron chi connectivity index (χ4n) is 2.34. The van der Waals surface area contributed by atoms with Crippen LogP contribution in [0.3, 0.4) is 0 Å². The Bertz CT molecular complexity index is 626. The molecule has 2 heterocycles. The Morgan fingerprint density at radius 2 is 2.18 bits per heavy atom. The third-order valence-corrected chi connectivity index (χ3v) is 4.95. The number of hydrogen-bond acceptors (Lipinski definition) is 4. The molecular weight excluding hydrogens is 386 g/mol. The van der Waals surface area contributed by atoms with Crippen LogP contribution in [-0.2, 0) is 11.2 Å². The van der Waals surface area contributed by atoms with Gasteiger partial charge in [-0.3, -0.25) is 4.79 Å². The summed E-state index contributed by atoms with van der Waals surface area (Å²) in [7, 11) is 0. The highest BCUT2D eigenvalue weighted by Crippen LogP contribution is 2.23. The first-order valence-corrected chi connectivity index (χ1v) is 8.52. The molecular formula is C15H17BrClN3OS. The van der Waals surface area contributed by atoms with Crippen molar-refractivity contribution in [1.82, 2.24) is 10.3 Å². The molecule has 2 N–H and O–H groups in total. The maximum Gasteiger partial charge on any atom is 0.230 e. The molecule has 1 amide bonds. The van der Waals surface area contributed by atoms with Gasteiger partial charge in [-0.25, -0.2) is 4.98 Å². The van der Waals surface area contributed by atoms with Crippen molar-refractivity contribution in [3.05, 3.63) is 45.4 Å². The number of aromatic nitrogens is 1. The smallest absolute Gasteiger partial charge is 0.230 e. The molecule has 1 aliphatic rings. The van der Waals surface area contributed by atoms with Crippen molar-refractivity contribution >= 4 is 50.7 Å². The number of hydrogen-bond donors (Lipinski definition) is 2. The second kappa shape index (κ2) is 8.06. The summed E-state index contributed by atoms with van der Waals surface area (Å²) >= 11 is 4.98. The number of amides is 1. The highest BCUT2D eigenvalue weighted by Gasteiger charge is 2.23. The average Bonchev–Trinajstić information content (AvgIpc) is 3.13. The third-order valence-electron chi connectivity index (χ3n) is 3.51. The minimum Gasteiger partial charge on any atom is -0.316 e. The van der Waals surface area contributed by atoms with E-state index in [-0.39, 0.29) is 24.2 Å². The highest BCUT2D eigenvalue weighted by molar-refractivity contribution is 9.10. The van der Waals surface area contributed by atoms with E-state index < -0.39 is 0 Å². The van der Waals surface area contributed by atoms with E-state index in [4.69, 9.17) is 0 Å². The molecule has 1 aliphatic heterocycles. The Balaban J connectivity index is 0.00000176. The van der Waals surface area contributed by atoms with E-state index in [1.165, 1.54) is 5.56 Å². The lowest BCUT2D eigenvalue weighted by atomic mass is 10.1. The Morgan fingerprint density at radius 1 is 1.41 bits per heavy atom. The lowest BCUT2D eigenvalue weighted by Gasteiger charge is -2.06. The average molecular weight is 403 g/mol. The van der Waals surface area contributed by atoms with Gasteiger partial charge in [0.1, 0.15) is 0 Å². The molecule has 0 radical (unpaired) electrons. The van der Waals surface area contributed by atoms with Crippen LogP contribution in [0.4, 0.5) is 5.13 Å². The van der Waals surface area contributed by atoms with E-state index in [0.717, 1.165) is 35.3 Å². The van der Waals surface area contributed by atoms with E-state index in [9.17, 15) is 4.79 Å². The zero-order valence-electron chi connectivity index (χ0n) is 11.8. The summed E-state index contributed by atoms with van der Waals surface area (Å²) in [4.78, 5) is 17.5. The summed E-state index contributed by atoms with van der Waals surface area (Å²) in [5, 5.41) is 6.81. The van der Waals surface area contributed by atoms with E-state index >= 15 is 0 Å². The van der Waals surface area contributed by atoms with Crippen molar-refractivity contribution in [2.45, 2.75) is 12.8 Å². The number of nitrogens with zero attached hydrogens (tertiary/aromatic N) is 1. The number of anilines is 1. The highest BCUT2D eigenvalue weighted by atomic mass is 79.9. The predicted molar refractivity (Wildman–Crippen MR) is 95.9 cm³/mol. The Hall–Kier alpha value is -0.950. The van der Waals surface area contributed by atoms with Gasteiger partial charge >= 0.3 is 0 Å². The second-order valence-corrected chi connectivity index (χ2v) is 7.14. The summed E-state index contributed by atoms with van der Waals surface area (Å²) in [6.45, 7) is 1.69. The van der Waals surface area contributed by atoms with E-state index in [0.29, 0.717) is 5.13 Å². The topological polar surface area (TPSA) is 54.0 Å². The van der Waals surface area contributed by atoms with Gasteiger partial charge in [-0.2, -0.15) is 0 Å². The first-order chi connectivity index (χ1) is 10.2. The van der Waals surface area contributed by atoms with Crippen molar-refractivity contribution in [2.24, 2.45) is 5.92 Å². The third kappa shape index (κ3) is 4.52. The number of nitrogens with one attached hydrogen (secondary N) is 2. The van der Waals surface area contributed by atoms with Crippen LogP contribution < -0.4 is 10.6 Å². The molecule has 1 saturated heterocycles. The molecule has 4 nitrogen and oxygen atoms in total. The molecule has 0 bridgehead atoms. The van der Waals surface area contributed by atoms with Gasteiger partial charge in [0.05, 0.1) is 5.92 Å². The molecule has 2 aromatic rings. The van der Waals surface area contributed by atoms with Crippen molar-refractivity contribution < 1.29 is 4.79 Å². The molecule has 1 unspecified atom stereocenters. The lowest BCUT2D eigenvalue weighted by Crippen LogP contribution is -2.24. The summed E-state index contributed by atoms with van der Waals surface area (Å²) in [6.07, 6.45) is 3.59. The molecule has 1 aromatic carbocycles. The number of carbonyl (C=O) groups is 1. The van der Waals surface area contributed by atoms with Gasteiger partial charge in [-0.15, -0.1) is 23.7 Å². The van der Waals surface area contributed by atoms with E-state index in [2.05, 4.69) is 43.7 Å². The molecule has 1 fully saturated rings. The van der Waals surface area contributed by atoms with Crippen LogP contribution in [-0.4, -0.2) is 24.0 Å². The van der Waals surface area contributed by atoms with Gasteiger partial charge in [-0.05, 0) is 30.7 Å². The first kappa shape index (κ1) is 17.4. The predicted octanol–water partition coefficient (Wildman–Crippen LogP) is 3.47. The Kier molecular flexibility index (Phi) is 6.37. The SMILES string of the molecule is Cl.O=C(Nc1ncc(Cc2ccc(Br)cc2)s1)C1CCNC1. The van der Waals surface area contributed by atoms with Crippen LogP contribution in [0, 0.1) is 5.92 Å². The normalized spacial score (nSPS) is 17.0. The zero-order chi connectivity index (χ0) is 14.7. The molecule has 7 heteroatoms. The summed E-state index contributed by atoms with van der Waals surface area (Å²) in [6, 6.07) is 8.25. The van der Waals surface area contributed by atoms with Crippen LogP contribution in [0.1, 0.15) is 16.9 Å². The summed E-state index contributed by atoms with van der Waals surface area (Å²) in [5.74, 6) is 0.147. The maximum atomic E-state index is 12.0. The number of thiazole rings is 1. The van der Waals surface area contributed by atoms with Crippen molar-refractivity contribution in [2.75, 3.05) is 18.4 Å². The quantitative estimate of drug-likeness (QED) is 0.823. The maximum absolute atomic E-state index is 12.0. The number of halogens is 2. The molecule has 1 atom stereocenters. The largest absolute Gasteiger partial charge is 0.316 e. The van der Waals surface area contributed by atoms with E-state index in [1.807, 2.05) is 18.3 Å². The van der Waals surface area contributed by atoms with Crippen LogP contribution >= 0.6 is 39.7 Å². The monoisotopic (exact) mass is 401 g/mol. The standard InChI is InChI=1S/C15H16BrN3OS.ClH/c16-12-3-1-10(2-4-12)7-13-9-18-15(21-13)19-14(20)11-5-6-17-8-11;/h1-4,9,11,17H,5-8H2,(H,18,19,20);1H. The number of benzene rings is 1. The summed E-state index contributed by atoms with van der Waals surface area (Å²) in [5.41, 5.74) is 1.24. The van der Waals surface area contributed by atoms with Crippen molar-refractivity contribution in [1.29, 1.82) is 0 Å². The van der Waals surface area contributed by atoms with E-state index in [1.54, 1.807) is 11.3 Å². The van der Waals surface area contributed by atoms with Crippen LogP contribution in [0.2, 0.25) is 0 Å². The molecule has 22 heavy (non-hydrogen) atoms. The minimum absolute atomic E-state index is 0. The van der Waals surface area contributed by atoms with Crippen LogP contribution in [0.5, 0.6) is 0 Å². The molecule has 0 aliphatic carbocycles. The van der Waals surface area contributed by atoms with Gasteiger partial charge in [0, 0.05) is 28.5 Å². The minimum atomic E-state index is 0. The summed E-state index contributed by atoms with van der Waals surface area (Å²) < 4.78 is 1.08. The van der Waals surface area contributed by atoms with Gasteiger partial charge < -0.3 is 10.6 Å². The van der Waals surface area contributed by atoms with Crippen molar-refractivity contribution in [3.63, 3.8) is 0 Å². The molecule has 118 valence electrons. The van der Waals surface area contributed by atoms with Crippen LogP contribution in [0.15, 0.2) is 34.9 Å². The molecule has 3 rings (SSSR count). The van der Waals surface area contributed by atoms with Gasteiger partial charge in [0.25, 0.3) is 0 Å². The number of rotatable bonds is 4. The van der Waals surface area contributed by atoms with Crippen LogP contribution in [0.25, 0.3) is 0 Å². The zero-order valence-corrected chi connectivity index (χ0v) is 15.1. The number of carbonyl (C=O) groups excluding carboxylic acids is 1. The van der Waals surface area contributed by atoms with Gasteiger partial charge in [0.2, 0.25) is 5.91 Å². The lowest BCUT2D eigenvalue weighted by molar-refractivity contribution is -0.119. The van der Waals surface area contributed by atoms with Gasteiger partial charge in [0.15, 0.2) is 5.13 Å². The fraction of sp³-hybridized carbons (Fsp3) is 0.333. The Morgan fingerprint density at radius 3 is 2.86 bits per heavy atom. The molecule has 0 spiro atoms. The van der Waals surface area contributed by atoms with Crippen molar-refractivity contribution in [3.8, 4) is 0 Å². The fourth-order valence-corrected chi connectivity index (χ4v) is 3.45. The Labute approximate surface area is 148 Å². The second-order valence-electron chi connectivity index (χ2n) is 5.11. The molecule has 1 aromatic heterocycles. The molecule has 0 saturated carbocycles.